The second-order valence-electron chi connectivity index (χ2n) is 5.00. The van der Waals surface area contributed by atoms with Gasteiger partial charge in [0.05, 0.1) is 15.8 Å². The SMILES string of the molecule is O=C(Nc1ccc(F)c(Cl)c1)C1CN(C(=O)c2cccs2)C1. The van der Waals surface area contributed by atoms with E-state index in [1.165, 1.54) is 29.5 Å². The number of carbonyl (C=O) groups excluding carboxylic acids is 2. The molecule has 0 bridgehead atoms. The monoisotopic (exact) mass is 338 g/mol. The third kappa shape index (κ3) is 2.98. The molecule has 2 heterocycles. The number of benzene rings is 1. The molecule has 2 aromatic rings. The zero-order valence-electron chi connectivity index (χ0n) is 11.4. The summed E-state index contributed by atoms with van der Waals surface area (Å²) in [4.78, 5) is 26.4. The first-order valence-electron chi connectivity index (χ1n) is 6.63. The van der Waals surface area contributed by atoms with Gasteiger partial charge in [-0.05, 0) is 29.6 Å². The number of thiophene rings is 1. The number of anilines is 1. The maximum absolute atomic E-state index is 13.1. The van der Waals surface area contributed by atoms with Crippen molar-refractivity contribution in [3.63, 3.8) is 0 Å². The lowest BCUT2D eigenvalue weighted by atomic mass is 9.98. The normalized spacial score (nSPS) is 14.5. The molecule has 0 aliphatic carbocycles. The van der Waals surface area contributed by atoms with Gasteiger partial charge in [0, 0.05) is 18.8 Å². The van der Waals surface area contributed by atoms with Crippen LogP contribution >= 0.6 is 22.9 Å². The van der Waals surface area contributed by atoms with Gasteiger partial charge in [0.1, 0.15) is 5.82 Å². The molecule has 22 heavy (non-hydrogen) atoms. The Labute approximate surface area is 135 Å². The minimum Gasteiger partial charge on any atom is -0.336 e. The van der Waals surface area contributed by atoms with Crippen LogP contribution in [0.15, 0.2) is 35.7 Å². The lowest BCUT2D eigenvalue weighted by molar-refractivity contribution is -0.123. The molecule has 1 fully saturated rings. The van der Waals surface area contributed by atoms with E-state index in [1.807, 2.05) is 11.4 Å². The van der Waals surface area contributed by atoms with Crippen molar-refractivity contribution in [2.24, 2.45) is 5.92 Å². The molecule has 7 heteroatoms. The summed E-state index contributed by atoms with van der Waals surface area (Å²) in [6.45, 7) is 0.773. The summed E-state index contributed by atoms with van der Waals surface area (Å²) in [5, 5.41) is 4.48. The van der Waals surface area contributed by atoms with E-state index in [4.69, 9.17) is 11.6 Å². The molecule has 1 aliphatic heterocycles. The Balaban J connectivity index is 1.55. The number of halogens is 2. The molecule has 0 unspecified atom stereocenters. The van der Waals surface area contributed by atoms with Crippen molar-refractivity contribution >= 4 is 40.4 Å². The summed E-state index contributed by atoms with van der Waals surface area (Å²) in [6.07, 6.45) is 0. The molecule has 0 atom stereocenters. The minimum absolute atomic E-state index is 0.0408. The Morgan fingerprint density at radius 2 is 2.09 bits per heavy atom. The second kappa shape index (κ2) is 6.06. The van der Waals surface area contributed by atoms with Crippen LogP contribution < -0.4 is 5.32 Å². The molecule has 1 aromatic heterocycles. The first kappa shape index (κ1) is 15.0. The Morgan fingerprint density at radius 3 is 2.73 bits per heavy atom. The summed E-state index contributed by atoms with van der Waals surface area (Å²) in [6, 6.07) is 7.60. The molecule has 4 nitrogen and oxygen atoms in total. The largest absolute Gasteiger partial charge is 0.336 e. The lowest BCUT2D eigenvalue weighted by Gasteiger charge is -2.37. The van der Waals surface area contributed by atoms with Crippen molar-refractivity contribution in [1.29, 1.82) is 0 Å². The van der Waals surface area contributed by atoms with Gasteiger partial charge in [-0.2, -0.15) is 0 Å². The van der Waals surface area contributed by atoms with Crippen LogP contribution in [0.5, 0.6) is 0 Å². The van der Waals surface area contributed by atoms with Crippen LogP contribution in [0, 0.1) is 11.7 Å². The Kier molecular flexibility index (Phi) is 4.13. The molecule has 3 rings (SSSR count). The van der Waals surface area contributed by atoms with Crippen LogP contribution in [0.3, 0.4) is 0 Å². The summed E-state index contributed by atoms with van der Waals surface area (Å²) in [7, 11) is 0. The predicted octanol–water partition coefficient (Wildman–Crippen LogP) is 3.25. The first-order chi connectivity index (χ1) is 10.5. The highest BCUT2D eigenvalue weighted by Crippen LogP contribution is 2.24. The van der Waals surface area contributed by atoms with Crippen LogP contribution in [0.4, 0.5) is 10.1 Å². The second-order valence-corrected chi connectivity index (χ2v) is 6.36. The topological polar surface area (TPSA) is 49.4 Å². The Bertz CT molecular complexity index is 714. The highest BCUT2D eigenvalue weighted by molar-refractivity contribution is 7.12. The van der Waals surface area contributed by atoms with Gasteiger partial charge in [-0.25, -0.2) is 4.39 Å². The van der Waals surface area contributed by atoms with Crippen LogP contribution in [0.25, 0.3) is 0 Å². The lowest BCUT2D eigenvalue weighted by Crippen LogP contribution is -2.54. The molecule has 1 saturated heterocycles. The summed E-state index contributed by atoms with van der Waals surface area (Å²) in [5.41, 5.74) is 0.444. The van der Waals surface area contributed by atoms with E-state index in [0.29, 0.717) is 23.7 Å². The van der Waals surface area contributed by atoms with Crippen LogP contribution in [0.2, 0.25) is 5.02 Å². The minimum atomic E-state index is -0.531. The number of carbonyl (C=O) groups is 2. The number of nitrogens with one attached hydrogen (secondary N) is 1. The average molecular weight is 339 g/mol. The quantitative estimate of drug-likeness (QED) is 0.934. The molecule has 1 N–H and O–H groups in total. The number of amides is 2. The van der Waals surface area contributed by atoms with E-state index < -0.39 is 5.82 Å². The highest BCUT2D eigenvalue weighted by atomic mass is 35.5. The Morgan fingerprint density at radius 1 is 1.32 bits per heavy atom. The number of nitrogens with zero attached hydrogens (tertiary/aromatic N) is 1. The molecule has 114 valence electrons. The summed E-state index contributed by atoms with van der Waals surface area (Å²) >= 11 is 7.05. The van der Waals surface area contributed by atoms with Gasteiger partial charge >= 0.3 is 0 Å². The molecular weight excluding hydrogens is 327 g/mol. The first-order valence-corrected chi connectivity index (χ1v) is 7.89. The van der Waals surface area contributed by atoms with Crippen LogP contribution in [-0.2, 0) is 4.79 Å². The van der Waals surface area contributed by atoms with E-state index in [1.54, 1.807) is 11.0 Å². The smallest absolute Gasteiger partial charge is 0.263 e. The fraction of sp³-hybridized carbons (Fsp3) is 0.200. The van der Waals surface area contributed by atoms with Gasteiger partial charge in [0.25, 0.3) is 5.91 Å². The number of rotatable bonds is 3. The number of likely N-dealkylation sites (tertiary alicyclic amines) is 1. The molecule has 0 saturated carbocycles. The highest BCUT2D eigenvalue weighted by Gasteiger charge is 2.36. The molecular formula is C15H12ClFN2O2S. The fourth-order valence-electron chi connectivity index (χ4n) is 2.18. The van der Waals surface area contributed by atoms with Gasteiger partial charge in [-0.1, -0.05) is 17.7 Å². The average Bonchev–Trinajstić information content (AvgIpc) is 2.95. The van der Waals surface area contributed by atoms with Crippen molar-refractivity contribution in [1.82, 2.24) is 4.90 Å². The van der Waals surface area contributed by atoms with Crippen molar-refractivity contribution in [2.75, 3.05) is 18.4 Å². The van der Waals surface area contributed by atoms with Crippen molar-refractivity contribution < 1.29 is 14.0 Å². The van der Waals surface area contributed by atoms with Gasteiger partial charge in [-0.3, -0.25) is 9.59 Å². The zero-order valence-corrected chi connectivity index (χ0v) is 13.0. The van der Waals surface area contributed by atoms with Crippen molar-refractivity contribution in [3.8, 4) is 0 Å². The van der Waals surface area contributed by atoms with Gasteiger partial charge in [0.15, 0.2) is 0 Å². The van der Waals surface area contributed by atoms with Crippen LogP contribution in [-0.4, -0.2) is 29.8 Å². The molecule has 0 spiro atoms. The third-order valence-electron chi connectivity index (χ3n) is 3.46. The van der Waals surface area contributed by atoms with E-state index in [-0.39, 0.29) is 22.8 Å². The maximum atomic E-state index is 13.1. The molecule has 0 radical (unpaired) electrons. The fourth-order valence-corrected chi connectivity index (χ4v) is 3.06. The van der Waals surface area contributed by atoms with E-state index >= 15 is 0 Å². The molecule has 1 aromatic carbocycles. The summed E-state index contributed by atoms with van der Waals surface area (Å²) < 4.78 is 13.1. The van der Waals surface area contributed by atoms with E-state index in [9.17, 15) is 14.0 Å². The van der Waals surface area contributed by atoms with Crippen molar-refractivity contribution in [3.05, 3.63) is 51.4 Å². The third-order valence-corrected chi connectivity index (χ3v) is 4.61. The van der Waals surface area contributed by atoms with Gasteiger partial charge in [-0.15, -0.1) is 11.3 Å². The van der Waals surface area contributed by atoms with Gasteiger partial charge in [0.2, 0.25) is 5.91 Å². The summed E-state index contributed by atoms with van der Waals surface area (Å²) in [5.74, 6) is -1.04. The zero-order chi connectivity index (χ0) is 15.7. The maximum Gasteiger partial charge on any atom is 0.263 e. The number of hydrogen-bond donors (Lipinski definition) is 1. The van der Waals surface area contributed by atoms with Crippen molar-refractivity contribution in [2.45, 2.75) is 0 Å². The Hall–Kier alpha value is -1.92. The predicted molar refractivity (Wildman–Crippen MR) is 83.8 cm³/mol. The van der Waals surface area contributed by atoms with E-state index in [2.05, 4.69) is 5.32 Å². The van der Waals surface area contributed by atoms with E-state index in [0.717, 1.165) is 0 Å². The standard InChI is InChI=1S/C15H12ClFN2O2S/c16-11-6-10(3-4-12(11)17)18-14(20)9-7-19(8-9)15(21)13-2-1-5-22-13/h1-6,9H,7-8H2,(H,18,20). The number of hydrogen-bond acceptors (Lipinski definition) is 3. The molecule has 2 amide bonds. The molecule has 1 aliphatic rings. The van der Waals surface area contributed by atoms with Crippen LogP contribution in [0.1, 0.15) is 9.67 Å². The van der Waals surface area contributed by atoms with Gasteiger partial charge < -0.3 is 10.2 Å².